The van der Waals surface area contributed by atoms with Crippen LogP contribution in [-0.4, -0.2) is 28.1 Å². The van der Waals surface area contributed by atoms with Gasteiger partial charge in [0.15, 0.2) is 0 Å². The molecule has 0 saturated carbocycles. The number of urea groups is 1. The molecule has 0 spiro atoms. The van der Waals surface area contributed by atoms with E-state index in [-0.39, 0.29) is 5.92 Å². The SMILES string of the molecule is CCC(C)C(NC(=O)NCc1ccncc1C)C(=O)O. The number of amides is 2. The molecule has 110 valence electrons. The zero-order valence-corrected chi connectivity index (χ0v) is 12.0. The molecule has 2 amide bonds. The van der Waals surface area contributed by atoms with E-state index >= 15 is 0 Å². The van der Waals surface area contributed by atoms with E-state index in [1.807, 2.05) is 19.9 Å². The Balaban J connectivity index is 2.55. The molecule has 2 atom stereocenters. The molecule has 0 fully saturated rings. The lowest BCUT2D eigenvalue weighted by Gasteiger charge is -2.20. The van der Waals surface area contributed by atoms with E-state index in [4.69, 9.17) is 5.11 Å². The number of nitrogens with zero attached hydrogens (tertiary/aromatic N) is 1. The fourth-order valence-corrected chi connectivity index (χ4v) is 1.75. The fourth-order valence-electron chi connectivity index (χ4n) is 1.75. The third-order valence-electron chi connectivity index (χ3n) is 3.34. The highest BCUT2D eigenvalue weighted by Crippen LogP contribution is 2.08. The van der Waals surface area contributed by atoms with Gasteiger partial charge in [0.1, 0.15) is 6.04 Å². The van der Waals surface area contributed by atoms with Crippen LogP contribution in [0.25, 0.3) is 0 Å². The normalized spacial score (nSPS) is 13.3. The summed E-state index contributed by atoms with van der Waals surface area (Å²) in [5.74, 6) is -1.14. The van der Waals surface area contributed by atoms with Crippen molar-refractivity contribution >= 4 is 12.0 Å². The number of aryl methyl sites for hydroxylation is 1. The monoisotopic (exact) mass is 279 g/mol. The molecular formula is C14H21N3O3. The number of hydrogen-bond donors (Lipinski definition) is 3. The first-order valence-electron chi connectivity index (χ1n) is 6.62. The van der Waals surface area contributed by atoms with Gasteiger partial charge < -0.3 is 15.7 Å². The van der Waals surface area contributed by atoms with E-state index in [9.17, 15) is 9.59 Å². The molecule has 0 bridgehead atoms. The number of carboxylic acids is 1. The molecule has 2 unspecified atom stereocenters. The Labute approximate surface area is 118 Å². The molecule has 0 saturated heterocycles. The second-order valence-electron chi connectivity index (χ2n) is 4.83. The Kier molecular flexibility index (Phi) is 5.96. The van der Waals surface area contributed by atoms with Crippen molar-refractivity contribution in [1.82, 2.24) is 15.6 Å². The number of hydrogen-bond acceptors (Lipinski definition) is 3. The van der Waals surface area contributed by atoms with Gasteiger partial charge in [0.2, 0.25) is 0 Å². The van der Waals surface area contributed by atoms with E-state index in [0.29, 0.717) is 13.0 Å². The van der Waals surface area contributed by atoms with Gasteiger partial charge in [-0.25, -0.2) is 9.59 Å². The summed E-state index contributed by atoms with van der Waals surface area (Å²) in [4.78, 5) is 26.8. The summed E-state index contributed by atoms with van der Waals surface area (Å²) in [6.45, 7) is 5.93. The fraction of sp³-hybridized carbons (Fsp3) is 0.500. The lowest BCUT2D eigenvalue weighted by atomic mass is 9.99. The van der Waals surface area contributed by atoms with Gasteiger partial charge in [0, 0.05) is 18.9 Å². The third kappa shape index (κ3) is 4.53. The summed E-state index contributed by atoms with van der Waals surface area (Å²) in [5.41, 5.74) is 1.93. The molecule has 1 heterocycles. The van der Waals surface area contributed by atoms with Crippen molar-refractivity contribution in [3.8, 4) is 0 Å². The molecule has 1 aromatic heterocycles. The van der Waals surface area contributed by atoms with Gasteiger partial charge in [-0.1, -0.05) is 20.3 Å². The molecular weight excluding hydrogens is 258 g/mol. The van der Waals surface area contributed by atoms with Crippen LogP contribution in [0.3, 0.4) is 0 Å². The number of aromatic nitrogens is 1. The summed E-state index contributed by atoms with van der Waals surface area (Å²) in [5, 5.41) is 14.3. The Bertz CT molecular complexity index is 476. The number of pyridine rings is 1. The molecule has 0 aromatic carbocycles. The van der Waals surface area contributed by atoms with Crippen LogP contribution in [0.15, 0.2) is 18.5 Å². The molecule has 6 heteroatoms. The number of rotatable bonds is 6. The quantitative estimate of drug-likeness (QED) is 0.739. The Morgan fingerprint density at radius 2 is 2.15 bits per heavy atom. The minimum Gasteiger partial charge on any atom is -0.480 e. The number of carboxylic acid groups (broad SMARTS) is 1. The van der Waals surface area contributed by atoms with E-state index < -0.39 is 18.0 Å². The average Bonchev–Trinajstić information content (AvgIpc) is 2.42. The van der Waals surface area contributed by atoms with Gasteiger partial charge in [0.05, 0.1) is 0 Å². The largest absolute Gasteiger partial charge is 0.480 e. The van der Waals surface area contributed by atoms with E-state index in [1.165, 1.54) is 0 Å². The number of carbonyl (C=O) groups is 2. The predicted molar refractivity (Wildman–Crippen MR) is 75.2 cm³/mol. The zero-order valence-electron chi connectivity index (χ0n) is 12.0. The molecule has 20 heavy (non-hydrogen) atoms. The maximum absolute atomic E-state index is 11.8. The molecule has 3 N–H and O–H groups in total. The third-order valence-corrected chi connectivity index (χ3v) is 3.34. The summed E-state index contributed by atoms with van der Waals surface area (Å²) < 4.78 is 0. The maximum Gasteiger partial charge on any atom is 0.326 e. The van der Waals surface area contributed by atoms with Crippen molar-refractivity contribution in [2.45, 2.75) is 39.8 Å². The smallest absolute Gasteiger partial charge is 0.326 e. The van der Waals surface area contributed by atoms with Crippen LogP contribution in [0.1, 0.15) is 31.4 Å². The summed E-state index contributed by atoms with van der Waals surface area (Å²) >= 11 is 0. The van der Waals surface area contributed by atoms with Crippen LogP contribution in [0, 0.1) is 12.8 Å². The lowest BCUT2D eigenvalue weighted by Crippen LogP contribution is -2.48. The first-order valence-corrected chi connectivity index (χ1v) is 6.62. The van der Waals surface area contributed by atoms with Crippen molar-refractivity contribution in [2.24, 2.45) is 5.92 Å². The maximum atomic E-state index is 11.8. The summed E-state index contributed by atoms with van der Waals surface area (Å²) in [6.07, 6.45) is 4.05. The Morgan fingerprint density at radius 3 is 2.70 bits per heavy atom. The Morgan fingerprint density at radius 1 is 1.45 bits per heavy atom. The van der Waals surface area contributed by atoms with Gasteiger partial charge in [-0.3, -0.25) is 4.98 Å². The van der Waals surface area contributed by atoms with E-state index in [0.717, 1.165) is 11.1 Å². The minimum atomic E-state index is -1.02. The van der Waals surface area contributed by atoms with E-state index in [2.05, 4.69) is 15.6 Å². The van der Waals surface area contributed by atoms with Crippen molar-refractivity contribution in [3.05, 3.63) is 29.6 Å². The highest BCUT2D eigenvalue weighted by molar-refractivity contribution is 5.82. The number of carbonyl (C=O) groups excluding carboxylic acids is 1. The van der Waals surface area contributed by atoms with Crippen LogP contribution in [0.5, 0.6) is 0 Å². The van der Waals surface area contributed by atoms with E-state index in [1.54, 1.807) is 19.3 Å². The van der Waals surface area contributed by atoms with Gasteiger partial charge in [-0.15, -0.1) is 0 Å². The zero-order chi connectivity index (χ0) is 15.1. The predicted octanol–water partition coefficient (Wildman–Crippen LogP) is 1.69. The van der Waals surface area contributed by atoms with Crippen molar-refractivity contribution in [1.29, 1.82) is 0 Å². The first-order chi connectivity index (χ1) is 9.45. The van der Waals surface area contributed by atoms with Crippen LogP contribution in [0.4, 0.5) is 4.79 Å². The second kappa shape index (κ2) is 7.47. The first kappa shape index (κ1) is 15.9. The molecule has 6 nitrogen and oxygen atoms in total. The van der Waals surface area contributed by atoms with Gasteiger partial charge in [0.25, 0.3) is 0 Å². The molecule has 0 aliphatic heterocycles. The van der Waals surface area contributed by atoms with Gasteiger partial charge >= 0.3 is 12.0 Å². The summed E-state index contributed by atoms with van der Waals surface area (Å²) in [7, 11) is 0. The van der Waals surface area contributed by atoms with Crippen LogP contribution >= 0.6 is 0 Å². The van der Waals surface area contributed by atoms with Gasteiger partial charge in [-0.2, -0.15) is 0 Å². The lowest BCUT2D eigenvalue weighted by molar-refractivity contribution is -0.140. The highest BCUT2D eigenvalue weighted by atomic mass is 16.4. The van der Waals surface area contributed by atoms with Crippen LogP contribution in [0.2, 0.25) is 0 Å². The second-order valence-corrected chi connectivity index (χ2v) is 4.83. The van der Waals surface area contributed by atoms with Crippen LogP contribution in [-0.2, 0) is 11.3 Å². The van der Waals surface area contributed by atoms with Crippen molar-refractivity contribution in [2.75, 3.05) is 0 Å². The van der Waals surface area contributed by atoms with Crippen molar-refractivity contribution < 1.29 is 14.7 Å². The summed E-state index contributed by atoms with van der Waals surface area (Å²) in [6, 6.07) is 0.464. The Hall–Kier alpha value is -2.11. The molecule has 1 rings (SSSR count). The average molecular weight is 279 g/mol. The molecule has 0 aliphatic rings. The number of nitrogens with one attached hydrogen (secondary N) is 2. The molecule has 0 aliphatic carbocycles. The van der Waals surface area contributed by atoms with Crippen molar-refractivity contribution in [3.63, 3.8) is 0 Å². The topological polar surface area (TPSA) is 91.3 Å². The number of aliphatic carboxylic acids is 1. The molecule has 0 radical (unpaired) electrons. The minimum absolute atomic E-state index is 0.124. The van der Waals surface area contributed by atoms with Crippen LogP contribution < -0.4 is 10.6 Å². The molecule has 1 aromatic rings. The standard InChI is InChI=1S/C14H21N3O3/c1-4-9(2)12(13(18)19)17-14(20)16-8-11-5-6-15-7-10(11)3/h5-7,9,12H,4,8H2,1-3H3,(H,18,19)(H2,16,17,20). The van der Waals surface area contributed by atoms with Gasteiger partial charge in [-0.05, 0) is 30.0 Å². The highest BCUT2D eigenvalue weighted by Gasteiger charge is 2.25.